The zero-order chi connectivity index (χ0) is 14.8. The zero-order valence-corrected chi connectivity index (χ0v) is 11.2. The molecule has 5 nitrogen and oxygen atoms in total. The molecule has 0 bridgehead atoms. The maximum absolute atomic E-state index is 13.6. The van der Waals surface area contributed by atoms with Gasteiger partial charge in [-0.1, -0.05) is 17.7 Å². The average Bonchev–Trinajstić information content (AvgIpc) is 2.84. The van der Waals surface area contributed by atoms with Crippen molar-refractivity contribution in [3.05, 3.63) is 34.6 Å². The third-order valence-electron chi connectivity index (χ3n) is 3.21. The second-order valence-corrected chi connectivity index (χ2v) is 5.02. The quantitative estimate of drug-likeness (QED) is 0.881. The van der Waals surface area contributed by atoms with Gasteiger partial charge in [0.2, 0.25) is 5.91 Å². The van der Waals surface area contributed by atoms with E-state index in [9.17, 15) is 19.1 Å². The highest BCUT2D eigenvalue weighted by atomic mass is 35.5. The minimum atomic E-state index is -1.44. The molecule has 0 aliphatic carbocycles. The molecule has 108 valence electrons. The Balaban J connectivity index is 2.11. The summed E-state index contributed by atoms with van der Waals surface area (Å²) in [5.74, 6) is -2.37. The summed E-state index contributed by atoms with van der Waals surface area (Å²) in [6.07, 6.45) is -0.139. The van der Waals surface area contributed by atoms with Crippen molar-refractivity contribution < 1.29 is 23.8 Å². The molecular formula is C13H13ClFNO4. The molecule has 1 heterocycles. The second kappa shape index (κ2) is 5.76. The van der Waals surface area contributed by atoms with Gasteiger partial charge in [0.15, 0.2) is 5.54 Å². The normalized spacial score (nSPS) is 21.7. The molecule has 1 amide bonds. The van der Waals surface area contributed by atoms with Crippen LogP contribution in [0, 0.1) is 5.82 Å². The van der Waals surface area contributed by atoms with Crippen molar-refractivity contribution in [3.63, 3.8) is 0 Å². The Labute approximate surface area is 119 Å². The molecule has 1 unspecified atom stereocenters. The highest BCUT2D eigenvalue weighted by molar-refractivity contribution is 6.31. The largest absolute Gasteiger partial charge is 0.479 e. The lowest BCUT2D eigenvalue weighted by Crippen LogP contribution is -2.55. The van der Waals surface area contributed by atoms with Gasteiger partial charge in [-0.05, 0) is 12.1 Å². The Morgan fingerprint density at radius 1 is 1.50 bits per heavy atom. The van der Waals surface area contributed by atoms with Gasteiger partial charge in [0.25, 0.3) is 0 Å². The molecule has 1 saturated heterocycles. The maximum atomic E-state index is 13.6. The number of hydrogen-bond donors (Lipinski definition) is 2. The van der Waals surface area contributed by atoms with Crippen molar-refractivity contribution in [2.75, 3.05) is 13.2 Å². The van der Waals surface area contributed by atoms with Crippen molar-refractivity contribution in [1.82, 2.24) is 5.32 Å². The molecule has 0 spiro atoms. The summed E-state index contributed by atoms with van der Waals surface area (Å²) in [5, 5.41) is 11.7. The van der Waals surface area contributed by atoms with Crippen LogP contribution in [-0.4, -0.2) is 35.7 Å². The van der Waals surface area contributed by atoms with E-state index < -0.39 is 23.2 Å². The molecular weight excluding hydrogens is 289 g/mol. The second-order valence-electron chi connectivity index (χ2n) is 4.62. The number of amides is 1. The van der Waals surface area contributed by atoms with E-state index >= 15 is 0 Å². The van der Waals surface area contributed by atoms with Crippen LogP contribution < -0.4 is 5.32 Å². The number of carboxylic acid groups (broad SMARTS) is 1. The molecule has 1 aromatic carbocycles. The number of hydrogen-bond acceptors (Lipinski definition) is 3. The van der Waals surface area contributed by atoms with Gasteiger partial charge in [0, 0.05) is 23.6 Å². The first kappa shape index (κ1) is 14.7. The fourth-order valence-corrected chi connectivity index (χ4v) is 2.29. The van der Waals surface area contributed by atoms with Crippen LogP contribution in [0.2, 0.25) is 5.02 Å². The van der Waals surface area contributed by atoms with Gasteiger partial charge >= 0.3 is 5.97 Å². The van der Waals surface area contributed by atoms with Crippen LogP contribution in [0.1, 0.15) is 12.0 Å². The van der Waals surface area contributed by atoms with E-state index in [1.165, 1.54) is 18.2 Å². The summed E-state index contributed by atoms with van der Waals surface area (Å²) in [7, 11) is 0. The number of carbonyl (C=O) groups excluding carboxylic acids is 1. The standard InChI is InChI=1S/C13H13ClFNO4/c14-9-2-1-3-10(15)8(9)6-11(17)16-13(12(18)19)4-5-20-7-13/h1-3H,4-7H2,(H,16,17)(H,18,19). The van der Waals surface area contributed by atoms with E-state index in [-0.39, 0.29) is 36.6 Å². The minimum absolute atomic E-state index is 0.0473. The predicted molar refractivity (Wildman–Crippen MR) is 69.1 cm³/mol. The smallest absolute Gasteiger partial charge is 0.331 e. The fraction of sp³-hybridized carbons (Fsp3) is 0.385. The summed E-state index contributed by atoms with van der Waals surface area (Å²) in [6.45, 7) is 0.159. The Kier molecular flexibility index (Phi) is 4.25. The molecule has 1 aliphatic heterocycles. The molecule has 2 N–H and O–H groups in total. The number of rotatable bonds is 4. The molecule has 1 atom stereocenters. The van der Waals surface area contributed by atoms with E-state index in [4.69, 9.17) is 16.3 Å². The number of ether oxygens (including phenoxy) is 1. The van der Waals surface area contributed by atoms with Gasteiger partial charge in [-0.3, -0.25) is 4.79 Å². The van der Waals surface area contributed by atoms with Crippen molar-refractivity contribution >= 4 is 23.5 Å². The number of benzene rings is 1. The number of halogens is 2. The Bertz CT molecular complexity index is 523. The zero-order valence-electron chi connectivity index (χ0n) is 10.5. The van der Waals surface area contributed by atoms with Gasteiger partial charge in [0.1, 0.15) is 5.82 Å². The highest BCUT2D eigenvalue weighted by Crippen LogP contribution is 2.22. The number of nitrogens with one attached hydrogen (secondary N) is 1. The molecule has 0 radical (unpaired) electrons. The first-order valence-corrected chi connectivity index (χ1v) is 6.37. The lowest BCUT2D eigenvalue weighted by atomic mass is 9.98. The van der Waals surface area contributed by atoms with E-state index in [0.717, 1.165) is 0 Å². The van der Waals surface area contributed by atoms with Crippen LogP contribution in [0.25, 0.3) is 0 Å². The van der Waals surface area contributed by atoms with Crippen LogP contribution in [0.4, 0.5) is 4.39 Å². The lowest BCUT2D eigenvalue weighted by Gasteiger charge is -2.23. The molecule has 1 aromatic rings. The summed E-state index contributed by atoms with van der Waals surface area (Å²) < 4.78 is 18.6. The van der Waals surface area contributed by atoms with Crippen LogP contribution in [0.5, 0.6) is 0 Å². The highest BCUT2D eigenvalue weighted by Gasteiger charge is 2.43. The summed E-state index contributed by atoms with van der Waals surface area (Å²) in [4.78, 5) is 23.2. The van der Waals surface area contributed by atoms with Gasteiger partial charge in [-0.25, -0.2) is 9.18 Å². The third kappa shape index (κ3) is 2.91. The van der Waals surface area contributed by atoms with Crippen molar-refractivity contribution in [1.29, 1.82) is 0 Å². The summed E-state index contributed by atoms with van der Waals surface area (Å²) in [5.41, 5.74) is -1.39. The Morgan fingerprint density at radius 3 is 2.80 bits per heavy atom. The first-order chi connectivity index (χ1) is 9.44. The predicted octanol–water partition coefficient (Wildman–Crippen LogP) is 1.38. The van der Waals surface area contributed by atoms with Crippen molar-refractivity contribution in [2.45, 2.75) is 18.4 Å². The van der Waals surface area contributed by atoms with Crippen LogP contribution in [0.15, 0.2) is 18.2 Å². The number of carbonyl (C=O) groups is 2. The maximum Gasteiger partial charge on any atom is 0.331 e. The van der Waals surface area contributed by atoms with Gasteiger partial charge in [0.05, 0.1) is 13.0 Å². The molecule has 0 aromatic heterocycles. The van der Waals surface area contributed by atoms with Crippen LogP contribution in [-0.2, 0) is 20.7 Å². The lowest BCUT2D eigenvalue weighted by molar-refractivity contribution is -0.147. The topological polar surface area (TPSA) is 75.6 Å². The van der Waals surface area contributed by atoms with Crippen LogP contribution >= 0.6 is 11.6 Å². The molecule has 1 fully saturated rings. The third-order valence-corrected chi connectivity index (χ3v) is 3.56. The van der Waals surface area contributed by atoms with E-state index in [1.807, 2.05) is 0 Å². The molecule has 20 heavy (non-hydrogen) atoms. The van der Waals surface area contributed by atoms with E-state index in [0.29, 0.717) is 0 Å². The monoisotopic (exact) mass is 301 g/mol. The van der Waals surface area contributed by atoms with Crippen molar-refractivity contribution in [3.8, 4) is 0 Å². The Hall–Kier alpha value is -1.66. The van der Waals surface area contributed by atoms with E-state index in [2.05, 4.69) is 5.32 Å². The van der Waals surface area contributed by atoms with Gasteiger partial charge in [-0.15, -0.1) is 0 Å². The van der Waals surface area contributed by atoms with Crippen LogP contribution in [0.3, 0.4) is 0 Å². The van der Waals surface area contributed by atoms with Gasteiger partial charge < -0.3 is 15.2 Å². The minimum Gasteiger partial charge on any atom is -0.479 e. The molecule has 7 heteroatoms. The first-order valence-electron chi connectivity index (χ1n) is 6.00. The van der Waals surface area contributed by atoms with Crippen molar-refractivity contribution in [2.24, 2.45) is 0 Å². The molecule has 0 saturated carbocycles. The number of aliphatic carboxylic acids is 1. The molecule has 2 rings (SSSR count). The van der Waals surface area contributed by atoms with Gasteiger partial charge in [-0.2, -0.15) is 0 Å². The SMILES string of the molecule is O=C(Cc1c(F)cccc1Cl)NC1(C(=O)O)CCOC1. The fourth-order valence-electron chi connectivity index (χ4n) is 2.06. The summed E-state index contributed by atoms with van der Waals surface area (Å²) >= 11 is 5.83. The number of carboxylic acids is 1. The average molecular weight is 302 g/mol. The summed E-state index contributed by atoms with van der Waals surface area (Å²) in [6, 6.07) is 4.10. The Morgan fingerprint density at radius 2 is 2.25 bits per heavy atom. The molecule has 1 aliphatic rings. The van der Waals surface area contributed by atoms with E-state index in [1.54, 1.807) is 0 Å².